The van der Waals surface area contributed by atoms with Crippen molar-refractivity contribution >= 4 is 34.8 Å². The van der Waals surface area contributed by atoms with Gasteiger partial charge in [-0.2, -0.15) is 0 Å². The van der Waals surface area contributed by atoms with Crippen LogP contribution in [-0.2, 0) is 0 Å². The Hall–Kier alpha value is -1.76. The highest BCUT2D eigenvalue weighted by molar-refractivity contribution is 6.43. The van der Waals surface area contributed by atoms with E-state index in [0.717, 1.165) is 50.6 Å². The van der Waals surface area contributed by atoms with Crippen LogP contribution >= 0.6 is 23.2 Å². The van der Waals surface area contributed by atoms with Gasteiger partial charge in [0.05, 0.1) is 21.9 Å². The molecular formula is C24H30Cl2N4O2. The Morgan fingerprint density at radius 1 is 1.19 bits per heavy atom. The third-order valence-electron chi connectivity index (χ3n) is 7.51. The van der Waals surface area contributed by atoms with Crippen molar-refractivity contribution in [2.24, 2.45) is 5.92 Å². The van der Waals surface area contributed by atoms with E-state index in [-0.39, 0.29) is 17.8 Å². The Balaban J connectivity index is 1.09. The summed E-state index contributed by atoms with van der Waals surface area (Å²) in [5.74, 6) is 0.688. The van der Waals surface area contributed by atoms with Crippen LogP contribution < -0.4 is 10.2 Å². The average Bonchev–Trinajstić information content (AvgIpc) is 3.33. The molecule has 0 atom stereocenters. The number of anilines is 1. The van der Waals surface area contributed by atoms with Gasteiger partial charge in [-0.3, -0.25) is 9.69 Å². The lowest BCUT2D eigenvalue weighted by Gasteiger charge is -2.44. The van der Waals surface area contributed by atoms with Gasteiger partial charge < -0.3 is 14.6 Å². The molecule has 8 heteroatoms. The number of hydrogen-bond donors (Lipinski definition) is 1. The molecule has 2 aliphatic carbocycles. The SMILES string of the molecule is O=C(NC1CCC(CCN2CCN(c3cccc(Cl)c3Cl)CC23CC3)CC1)c1ncco1. The smallest absolute Gasteiger partial charge is 0.307 e. The van der Waals surface area contributed by atoms with Gasteiger partial charge in [-0.15, -0.1) is 0 Å². The first kappa shape index (κ1) is 22.1. The zero-order chi connectivity index (χ0) is 22.1. The fourth-order valence-electron chi connectivity index (χ4n) is 5.44. The number of nitrogens with zero attached hydrogens (tertiary/aromatic N) is 3. The molecule has 1 spiro atoms. The van der Waals surface area contributed by atoms with Crippen molar-refractivity contribution in [1.82, 2.24) is 15.2 Å². The van der Waals surface area contributed by atoms with E-state index in [0.29, 0.717) is 15.6 Å². The monoisotopic (exact) mass is 476 g/mol. The molecule has 3 fully saturated rings. The van der Waals surface area contributed by atoms with Gasteiger partial charge in [0.25, 0.3) is 5.89 Å². The van der Waals surface area contributed by atoms with Crippen molar-refractivity contribution in [2.45, 2.75) is 56.5 Å². The van der Waals surface area contributed by atoms with Gasteiger partial charge in [0, 0.05) is 31.2 Å². The second-order valence-electron chi connectivity index (χ2n) is 9.52. The molecule has 1 aliphatic heterocycles. The summed E-state index contributed by atoms with van der Waals surface area (Å²) in [5, 5.41) is 4.37. The molecule has 0 radical (unpaired) electrons. The molecule has 6 nitrogen and oxygen atoms in total. The molecule has 0 unspecified atom stereocenters. The van der Waals surface area contributed by atoms with Crippen molar-refractivity contribution in [1.29, 1.82) is 0 Å². The van der Waals surface area contributed by atoms with Gasteiger partial charge in [0.15, 0.2) is 0 Å². The largest absolute Gasteiger partial charge is 0.441 e. The van der Waals surface area contributed by atoms with Gasteiger partial charge in [-0.1, -0.05) is 29.3 Å². The molecule has 1 aromatic heterocycles. The Morgan fingerprint density at radius 2 is 2.00 bits per heavy atom. The Kier molecular flexibility index (Phi) is 6.37. The molecule has 1 amide bonds. The quantitative estimate of drug-likeness (QED) is 0.634. The summed E-state index contributed by atoms with van der Waals surface area (Å²) >= 11 is 12.7. The van der Waals surface area contributed by atoms with Crippen LogP contribution in [0.1, 0.15) is 55.6 Å². The number of rotatable bonds is 6. The molecule has 2 saturated carbocycles. The Bertz CT molecular complexity index is 939. The molecule has 32 heavy (non-hydrogen) atoms. The van der Waals surface area contributed by atoms with Gasteiger partial charge >= 0.3 is 5.91 Å². The minimum Gasteiger partial charge on any atom is -0.441 e. The van der Waals surface area contributed by atoms with Gasteiger partial charge in [-0.25, -0.2) is 4.98 Å². The summed E-state index contributed by atoms with van der Waals surface area (Å²) in [5.41, 5.74) is 1.38. The van der Waals surface area contributed by atoms with E-state index in [1.807, 2.05) is 12.1 Å². The van der Waals surface area contributed by atoms with Crippen LogP contribution in [0.3, 0.4) is 0 Å². The standard InChI is InChI=1S/C24H30Cl2N4O2/c25-19-2-1-3-20(21(19)26)29-13-14-30(24(16-29)9-10-24)12-8-17-4-6-18(7-5-17)28-22(31)23-27-11-15-32-23/h1-3,11,15,17-18H,4-10,12-14,16H2,(H,28,31). The van der Waals surface area contributed by atoms with Crippen LogP contribution in [-0.4, -0.2) is 53.6 Å². The van der Waals surface area contributed by atoms with E-state index >= 15 is 0 Å². The minimum absolute atomic E-state index is 0.153. The predicted octanol–water partition coefficient (Wildman–Crippen LogP) is 5.01. The van der Waals surface area contributed by atoms with Crippen molar-refractivity contribution < 1.29 is 9.21 Å². The van der Waals surface area contributed by atoms with Crippen LogP contribution in [0.4, 0.5) is 5.69 Å². The molecule has 1 N–H and O–H groups in total. The summed E-state index contributed by atoms with van der Waals surface area (Å²) in [7, 11) is 0. The second kappa shape index (κ2) is 9.24. The highest BCUT2D eigenvalue weighted by Gasteiger charge is 2.51. The second-order valence-corrected chi connectivity index (χ2v) is 10.3. The average molecular weight is 477 g/mol. The van der Waals surface area contributed by atoms with E-state index in [1.54, 1.807) is 0 Å². The lowest BCUT2D eigenvalue weighted by atomic mass is 9.84. The van der Waals surface area contributed by atoms with Crippen LogP contribution in [0.2, 0.25) is 10.0 Å². The molecule has 3 aliphatic rings. The third-order valence-corrected chi connectivity index (χ3v) is 8.32. The number of hydrogen-bond acceptors (Lipinski definition) is 5. The predicted molar refractivity (Wildman–Crippen MR) is 127 cm³/mol. The molecule has 1 saturated heterocycles. The Labute approximate surface area is 199 Å². The summed E-state index contributed by atoms with van der Waals surface area (Å²) < 4.78 is 5.09. The van der Waals surface area contributed by atoms with E-state index in [2.05, 4.69) is 26.2 Å². The molecule has 5 rings (SSSR count). The van der Waals surface area contributed by atoms with E-state index < -0.39 is 0 Å². The van der Waals surface area contributed by atoms with E-state index in [9.17, 15) is 4.79 Å². The fourth-order valence-corrected chi connectivity index (χ4v) is 5.85. The first-order chi connectivity index (χ1) is 15.5. The highest BCUT2D eigenvalue weighted by atomic mass is 35.5. The highest BCUT2D eigenvalue weighted by Crippen LogP contribution is 2.46. The molecule has 2 heterocycles. The molecular weight excluding hydrogens is 447 g/mol. The van der Waals surface area contributed by atoms with Crippen molar-refractivity contribution in [3.05, 3.63) is 46.6 Å². The fraction of sp³-hybridized carbons (Fsp3) is 0.583. The van der Waals surface area contributed by atoms with Gasteiger partial charge in [0.1, 0.15) is 6.26 Å². The van der Waals surface area contributed by atoms with Crippen molar-refractivity contribution in [2.75, 3.05) is 31.1 Å². The molecule has 2 aromatic rings. The van der Waals surface area contributed by atoms with E-state index in [1.165, 1.54) is 44.6 Å². The zero-order valence-electron chi connectivity index (χ0n) is 18.2. The maximum atomic E-state index is 12.1. The number of piperazine rings is 1. The summed E-state index contributed by atoms with van der Waals surface area (Å²) in [6.45, 7) is 4.26. The first-order valence-electron chi connectivity index (χ1n) is 11.7. The van der Waals surface area contributed by atoms with Crippen LogP contribution in [0, 0.1) is 5.92 Å². The van der Waals surface area contributed by atoms with Gasteiger partial charge in [-0.05, 0) is 69.5 Å². The number of carbonyl (C=O) groups is 1. The number of aromatic nitrogens is 1. The number of benzene rings is 1. The van der Waals surface area contributed by atoms with Crippen LogP contribution in [0.5, 0.6) is 0 Å². The maximum absolute atomic E-state index is 12.1. The van der Waals surface area contributed by atoms with Crippen LogP contribution in [0.15, 0.2) is 35.1 Å². The van der Waals surface area contributed by atoms with Crippen LogP contribution in [0.25, 0.3) is 0 Å². The summed E-state index contributed by atoms with van der Waals surface area (Å²) in [4.78, 5) is 21.2. The molecule has 1 aromatic carbocycles. The number of nitrogens with one attached hydrogen (secondary N) is 1. The lowest BCUT2D eigenvalue weighted by molar-refractivity contribution is 0.0881. The summed E-state index contributed by atoms with van der Waals surface area (Å²) in [6, 6.07) is 6.15. The third kappa shape index (κ3) is 4.63. The number of halogens is 2. The van der Waals surface area contributed by atoms with Crippen molar-refractivity contribution in [3.63, 3.8) is 0 Å². The molecule has 172 valence electrons. The van der Waals surface area contributed by atoms with Crippen molar-refractivity contribution in [3.8, 4) is 0 Å². The molecule has 0 bridgehead atoms. The Morgan fingerprint density at radius 3 is 2.72 bits per heavy atom. The zero-order valence-corrected chi connectivity index (χ0v) is 19.7. The summed E-state index contributed by atoms with van der Waals surface area (Å²) in [6.07, 6.45) is 11.1. The topological polar surface area (TPSA) is 61.6 Å². The number of carbonyl (C=O) groups excluding carboxylic acids is 1. The maximum Gasteiger partial charge on any atom is 0.307 e. The number of amides is 1. The number of oxazole rings is 1. The lowest BCUT2D eigenvalue weighted by Crippen LogP contribution is -2.55. The first-order valence-corrected chi connectivity index (χ1v) is 12.4. The van der Waals surface area contributed by atoms with E-state index in [4.69, 9.17) is 27.6 Å². The minimum atomic E-state index is -0.202. The van der Waals surface area contributed by atoms with Gasteiger partial charge in [0.2, 0.25) is 0 Å². The normalized spacial score (nSPS) is 25.1.